The molecular weight excluding hydrogens is 288 g/mol. The molecule has 0 N–H and O–H groups in total. The maximum Gasteiger partial charge on any atom is 0.119 e. The van der Waals surface area contributed by atoms with Crippen molar-refractivity contribution >= 4 is 11.4 Å². The van der Waals surface area contributed by atoms with Gasteiger partial charge in [0.05, 0.1) is 24.6 Å². The van der Waals surface area contributed by atoms with E-state index >= 15 is 0 Å². The van der Waals surface area contributed by atoms with Crippen molar-refractivity contribution in [3.8, 4) is 11.5 Å². The molecule has 0 aliphatic heterocycles. The number of azo groups is 1. The van der Waals surface area contributed by atoms with Gasteiger partial charge < -0.3 is 9.47 Å². The molecule has 0 aliphatic carbocycles. The van der Waals surface area contributed by atoms with Crippen molar-refractivity contribution in [2.75, 3.05) is 13.2 Å². The van der Waals surface area contributed by atoms with Crippen LogP contribution in [0.3, 0.4) is 0 Å². The summed E-state index contributed by atoms with van der Waals surface area (Å²) in [6.45, 7) is 7.71. The third-order valence-electron chi connectivity index (χ3n) is 3.50. The Morgan fingerprint density at radius 1 is 0.783 bits per heavy atom. The number of ether oxygens (including phenoxy) is 2. The van der Waals surface area contributed by atoms with Gasteiger partial charge in [-0.1, -0.05) is 20.3 Å². The summed E-state index contributed by atoms with van der Waals surface area (Å²) in [4.78, 5) is 0. The normalized spacial score (nSPS) is 12.3. The van der Waals surface area contributed by atoms with Gasteiger partial charge in [0.25, 0.3) is 0 Å². The van der Waals surface area contributed by atoms with Crippen LogP contribution < -0.4 is 9.47 Å². The summed E-state index contributed by atoms with van der Waals surface area (Å²) in [5.74, 6) is 2.27. The van der Waals surface area contributed by atoms with E-state index in [1.54, 1.807) is 0 Å². The Labute approximate surface area is 138 Å². The van der Waals surface area contributed by atoms with E-state index in [-0.39, 0.29) is 0 Å². The van der Waals surface area contributed by atoms with Crippen LogP contribution in [0.2, 0.25) is 0 Å². The number of hydrogen-bond donors (Lipinski definition) is 0. The zero-order valence-electron chi connectivity index (χ0n) is 14.0. The minimum Gasteiger partial charge on any atom is -0.494 e. The fraction of sp³-hybridized carbons (Fsp3) is 0.368. The summed E-state index contributed by atoms with van der Waals surface area (Å²) < 4.78 is 11.1. The van der Waals surface area contributed by atoms with Gasteiger partial charge in [0.15, 0.2) is 0 Å². The van der Waals surface area contributed by atoms with E-state index in [1.807, 2.05) is 55.5 Å². The van der Waals surface area contributed by atoms with Gasteiger partial charge in [0.1, 0.15) is 11.5 Å². The molecule has 4 heteroatoms. The van der Waals surface area contributed by atoms with Gasteiger partial charge >= 0.3 is 0 Å². The predicted molar refractivity (Wildman–Crippen MR) is 93.2 cm³/mol. The molecule has 2 aromatic carbocycles. The van der Waals surface area contributed by atoms with Crippen LogP contribution in [0.4, 0.5) is 11.4 Å². The molecule has 0 spiro atoms. The van der Waals surface area contributed by atoms with Gasteiger partial charge in [0.2, 0.25) is 0 Å². The highest BCUT2D eigenvalue weighted by atomic mass is 16.5. The summed E-state index contributed by atoms with van der Waals surface area (Å²) in [5, 5.41) is 8.46. The number of hydrogen-bond acceptors (Lipinski definition) is 4. The van der Waals surface area contributed by atoms with Crippen molar-refractivity contribution in [2.24, 2.45) is 16.1 Å². The van der Waals surface area contributed by atoms with Gasteiger partial charge in [-0.2, -0.15) is 10.2 Å². The van der Waals surface area contributed by atoms with E-state index in [2.05, 4.69) is 24.1 Å². The van der Waals surface area contributed by atoms with Gasteiger partial charge in [-0.15, -0.1) is 0 Å². The third-order valence-corrected chi connectivity index (χ3v) is 3.50. The van der Waals surface area contributed by atoms with Gasteiger partial charge in [-0.25, -0.2) is 0 Å². The number of benzene rings is 2. The summed E-state index contributed by atoms with van der Waals surface area (Å²) in [6.07, 6.45) is 1.12. The zero-order valence-corrected chi connectivity index (χ0v) is 14.0. The monoisotopic (exact) mass is 312 g/mol. The Kier molecular flexibility index (Phi) is 6.60. The molecule has 122 valence electrons. The van der Waals surface area contributed by atoms with Crippen LogP contribution in [-0.2, 0) is 0 Å². The molecule has 0 aliphatic rings. The summed E-state index contributed by atoms with van der Waals surface area (Å²) in [7, 11) is 0. The highest BCUT2D eigenvalue weighted by Gasteiger charge is 2.00. The molecule has 1 unspecified atom stereocenters. The Hall–Kier alpha value is -2.36. The Bertz CT molecular complexity index is 606. The van der Waals surface area contributed by atoms with Crippen molar-refractivity contribution < 1.29 is 9.47 Å². The van der Waals surface area contributed by atoms with Crippen LogP contribution >= 0.6 is 0 Å². The average molecular weight is 312 g/mol. The quantitative estimate of drug-likeness (QED) is 0.567. The van der Waals surface area contributed by atoms with Crippen LogP contribution in [0.1, 0.15) is 27.2 Å². The van der Waals surface area contributed by atoms with Gasteiger partial charge in [0, 0.05) is 0 Å². The Morgan fingerprint density at radius 3 is 1.70 bits per heavy atom. The Balaban J connectivity index is 1.92. The van der Waals surface area contributed by atoms with Crippen LogP contribution in [0.25, 0.3) is 0 Å². The van der Waals surface area contributed by atoms with Crippen molar-refractivity contribution in [1.29, 1.82) is 0 Å². The van der Waals surface area contributed by atoms with E-state index in [0.717, 1.165) is 35.9 Å². The molecule has 1 atom stereocenters. The van der Waals surface area contributed by atoms with Crippen LogP contribution in [-0.4, -0.2) is 13.2 Å². The molecule has 0 amide bonds. The van der Waals surface area contributed by atoms with E-state index in [0.29, 0.717) is 12.5 Å². The first-order valence-electron chi connectivity index (χ1n) is 8.08. The Morgan fingerprint density at radius 2 is 1.26 bits per heavy atom. The molecule has 0 heterocycles. The molecule has 0 radical (unpaired) electrons. The first-order valence-corrected chi connectivity index (χ1v) is 8.08. The van der Waals surface area contributed by atoms with E-state index in [9.17, 15) is 0 Å². The summed E-state index contributed by atoms with van der Waals surface area (Å²) in [6, 6.07) is 15.2. The van der Waals surface area contributed by atoms with Crippen molar-refractivity contribution in [3.63, 3.8) is 0 Å². The van der Waals surface area contributed by atoms with E-state index in [1.165, 1.54) is 0 Å². The lowest BCUT2D eigenvalue weighted by Crippen LogP contribution is -2.06. The number of rotatable bonds is 8. The lowest BCUT2D eigenvalue weighted by Gasteiger charge is -2.10. The largest absolute Gasteiger partial charge is 0.494 e. The van der Waals surface area contributed by atoms with Gasteiger partial charge in [-0.05, 0) is 61.4 Å². The van der Waals surface area contributed by atoms with Crippen LogP contribution in [0.5, 0.6) is 11.5 Å². The molecule has 0 fully saturated rings. The standard InChI is InChI=1S/C19H24N2O2/c1-4-15(3)14-23-19-12-8-17(9-13-19)21-20-16-6-10-18(11-7-16)22-5-2/h6-13,15H,4-5,14H2,1-3H3. The lowest BCUT2D eigenvalue weighted by molar-refractivity contribution is 0.256. The van der Waals surface area contributed by atoms with Crippen molar-refractivity contribution in [1.82, 2.24) is 0 Å². The predicted octanol–water partition coefficient (Wildman–Crippen LogP) is 5.93. The molecular formula is C19H24N2O2. The van der Waals surface area contributed by atoms with Crippen molar-refractivity contribution in [3.05, 3.63) is 48.5 Å². The fourth-order valence-corrected chi connectivity index (χ4v) is 1.86. The minimum atomic E-state index is 0.564. The highest BCUT2D eigenvalue weighted by molar-refractivity contribution is 5.44. The highest BCUT2D eigenvalue weighted by Crippen LogP contribution is 2.23. The first kappa shape index (κ1) is 17.0. The summed E-state index contributed by atoms with van der Waals surface area (Å²) in [5.41, 5.74) is 1.60. The topological polar surface area (TPSA) is 43.2 Å². The second kappa shape index (κ2) is 8.93. The smallest absolute Gasteiger partial charge is 0.119 e. The second-order valence-corrected chi connectivity index (χ2v) is 5.45. The zero-order chi connectivity index (χ0) is 16.5. The molecule has 23 heavy (non-hydrogen) atoms. The first-order chi connectivity index (χ1) is 11.2. The molecule has 0 saturated heterocycles. The summed E-state index contributed by atoms with van der Waals surface area (Å²) >= 11 is 0. The molecule has 2 aromatic rings. The average Bonchev–Trinajstić information content (AvgIpc) is 2.60. The number of nitrogens with zero attached hydrogens (tertiary/aromatic N) is 2. The fourth-order valence-electron chi connectivity index (χ4n) is 1.86. The van der Waals surface area contributed by atoms with Gasteiger partial charge in [-0.3, -0.25) is 0 Å². The third kappa shape index (κ3) is 5.74. The molecule has 0 aromatic heterocycles. The van der Waals surface area contributed by atoms with E-state index < -0.39 is 0 Å². The second-order valence-electron chi connectivity index (χ2n) is 5.45. The van der Waals surface area contributed by atoms with Crippen LogP contribution in [0.15, 0.2) is 58.8 Å². The maximum absolute atomic E-state index is 5.73. The maximum atomic E-state index is 5.73. The minimum absolute atomic E-state index is 0.564. The lowest BCUT2D eigenvalue weighted by atomic mass is 10.1. The van der Waals surface area contributed by atoms with E-state index in [4.69, 9.17) is 9.47 Å². The SMILES string of the molecule is CCOc1ccc(N=Nc2ccc(OCC(C)CC)cc2)cc1. The molecule has 2 rings (SSSR count). The molecule has 0 saturated carbocycles. The molecule has 4 nitrogen and oxygen atoms in total. The van der Waals surface area contributed by atoms with Crippen molar-refractivity contribution in [2.45, 2.75) is 27.2 Å². The van der Waals surface area contributed by atoms with Crippen LogP contribution in [0, 0.1) is 5.92 Å². The molecule has 0 bridgehead atoms.